The summed E-state index contributed by atoms with van der Waals surface area (Å²) in [4.78, 5) is 43.9. The van der Waals surface area contributed by atoms with Crippen LogP contribution in [0.15, 0.2) is 56.2 Å². The number of ether oxygens (including phenoxy) is 1. The number of carbonyl (C=O) groups excluding carboxylic acids is 1. The van der Waals surface area contributed by atoms with Crippen LogP contribution in [0.1, 0.15) is 5.69 Å². The Hall–Kier alpha value is -3.09. The number of fused-ring (bicyclic) bond motifs is 1. The van der Waals surface area contributed by atoms with Crippen molar-refractivity contribution in [3.8, 4) is 17.1 Å². The average Bonchev–Trinajstić information content (AvgIpc) is 3.57. The number of nitrogen functional groups attached to an aromatic ring is 1. The summed E-state index contributed by atoms with van der Waals surface area (Å²) in [5.41, 5.74) is 6.88. The van der Waals surface area contributed by atoms with Gasteiger partial charge in [0.25, 0.3) is 5.91 Å². The first-order valence-corrected chi connectivity index (χ1v) is 14.8. The number of amides is 1. The Morgan fingerprint density at radius 3 is 2.64 bits per heavy atom. The summed E-state index contributed by atoms with van der Waals surface area (Å²) in [6.07, 6.45) is 0. The number of aryl methyl sites for hydroxylation is 1. The fourth-order valence-electron chi connectivity index (χ4n) is 4.14. The zero-order valence-electron chi connectivity index (χ0n) is 22.9. The van der Waals surface area contributed by atoms with Crippen LogP contribution in [0.25, 0.3) is 11.4 Å². The first-order chi connectivity index (χ1) is 19.7. The number of nitrogens with two attached hydrogens (primary N) is 1. The van der Waals surface area contributed by atoms with Crippen molar-refractivity contribution in [1.82, 2.24) is 24.6 Å². The van der Waals surface area contributed by atoms with Crippen molar-refractivity contribution in [3.05, 3.63) is 46.6 Å². The molecule has 42 heavy (non-hydrogen) atoms. The van der Waals surface area contributed by atoms with Gasteiger partial charge in [-0.05, 0) is 29.8 Å². The number of hydrogen-bond acceptors (Lipinski definition) is 14. The minimum atomic E-state index is -1.24. The van der Waals surface area contributed by atoms with Crippen molar-refractivity contribution in [1.29, 1.82) is 0 Å². The number of carboxylic acid groups (broad SMARTS) is 1. The van der Waals surface area contributed by atoms with Crippen molar-refractivity contribution in [2.24, 2.45) is 17.2 Å². The van der Waals surface area contributed by atoms with Gasteiger partial charge in [0, 0.05) is 35.4 Å². The van der Waals surface area contributed by atoms with Gasteiger partial charge in [0.2, 0.25) is 0 Å². The van der Waals surface area contributed by atoms with Crippen molar-refractivity contribution in [2.45, 2.75) is 16.6 Å². The number of nitrogens with zero attached hydrogens (tertiary/aromatic N) is 7. The fourth-order valence-corrected chi connectivity index (χ4v) is 7.07. The maximum absolute atomic E-state index is 13.1. The van der Waals surface area contributed by atoms with Crippen LogP contribution in [0, 0.1) is 0 Å². The van der Waals surface area contributed by atoms with E-state index in [1.54, 1.807) is 18.8 Å². The van der Waals surface area contributed by atoms with Gasteiger partial charge in [-0.3, -0.25) is 14.7 Å². The van der Waals surface area contributed by atoms with Crippen molar-refractivity contribution in [3.63, 3.8) is 0 Å². The van der Waals surface area contributed by atoms with Crippen LogP contribution in [0.5, 0.6) is 5.75 Å². The Balaban J connectivity index is 0.00000405. The number of hydrogen-bond donors (Lipinski definition) is 2. The van der Waals surface area contributed by atoms with E-state index in [2.05, 4.69) is 25.2 Å². The fraction of sp³-hybridized carbons (Fsp3) is 0.292. The maximum atomic E-state index is 13.1. The van der Waals surface area contributed by atoms with Gasteiger partial charge in [-0.15, -0.1) is 23.1 Å². The molecule has 1 fully saturated rings. The second kappa shape index (κ2) is 13.5. The molecule has 0 bridgehead atoms. The number of aromatic nitrogens is 4. The molecule has 2 aliphatic rings. The zero-order chi connectivity index (χ0) is 29.3. The molecular formula is C24H23N8NaO6S3. The molecule has 0 radical (unpaired) electrons. The molecule has 0 aliphatic carbocycles. The third-order valence-corrected chi connectivity index (χ3v) is 9.18. The first-order valence-electron chi connectivity index (χ1n) is 11.9. The van der Waals surface area contributed by atoms with Crippen molar-refractivity contribution < 1.29 is 58.9 Å². The quantitative estimate of drug-likeness (QED) is 0.0624. The van der Waals surface area contributed by atoms with Gasteiger partial charge in [-0.2, -0.15) is 5.10 Å². The predicted octanol–water partition coefficient (Wildman–Crippen LogP) is -1.94. The number of thioether (sulfide) groups is 2. The van der Waals surface area contributed by atoms with Gasteiger partial charge < -0.3 is 25.5 Å². The average molecular weight is 639 g/mol. The number of carboxylic acids is 1. The summed E-state index contributed by atoms with van der Waals surface area (Å²) in [7, 11) is 4.61. The van der Waals surface area contributed by atoms with Gasteiger partial charge >= 0.3 is 35.5 Å². The number of rotatable bonds is 10. The number of methoxy groups -OCH3 is 1. The van der Waals surface area contributed by atoms with Crippen LogP contribution in [0.4, 0.5) is 5.13 Å². The molecule has 4 heterocycles. The topological polar surface area (TPSA) is 193 Å². The third-order valence-electron chi connectivity index (χ3n) is 6.07. The van der Waals surface area contributed by atoms with Crippen LogP contribution in [0.3, 0.4) is 0 Å². The van der Waals surface area contributed by atoms with Crippen LogP contribution < -0.4 is 45.1 Å². The number of anilines is 1. The molecule has 214 valence electrons. The molecule has 2 aromatic heterocycles. The molecule has 0 saturated carbocycles. The van der Waals surface area contributed by atoms with E-state index >= 15 is 0 Å². The molecule has 1 saturated heterocycles. The van der Waals surface area contributed by atoms with Crippen LogP contribution in [0.2, 0.25) is 0 Å². The maximum Gasteiger partial charge on any atom is 1.00 e. The van der Waals surface area contributed by atoms with Gasteiger partial charge in [0.05, 0.1) is 7.11 Å². The van der Waals surface area contributed by atoms with E-state index in [1.165, 1.54) is 40.9 Å². The van der Waals surface area contributed by atoms with Gasteiger partial charge in [0.15, 0.2) is 22.2 Å². The van der Waals surface area contributed by atoms with Crippen LogP contribution in [-0.2, 0) is 21.5 Å². The van der Waals surface area contributed by atoms with Gasteiger partial charge in [0.1, 0.15) is 35.3 Å². The molecule has 0 unspecified atom stereocenters. The predicted molar refractivity (Wildman–Crippen MR) is 153 cm³/mol. The second-order valence-electron chi connectivity index (χ2n) is 8.60. The van der Waals surface area contributed by atoms with E-state index in [4.69, 9.17) is 15.3 Å². The molecule has 18 heteroatoms. The molecule has 2 atom stereocenters. The summed E-state index contributed by atoms with van der Waals surface area (Å²) in [6, 6.07) is 6.26. The van der Waals surface area contributed by atoms with Crippen LogP contribution in [-0.4, -0.2) is 90.4 Å². The summed E-state index contributed by atoms with van der Waals surface area (Å²) in [5.74, 6) is -0.802. The van der Waals surface area contributed by atoms with E-state index in [1.807, 2.05) is 24.3 Å². The minimum Gasteiger partial charge on any atom is -0.857 e. The summed E-state index contributed by atoms with van der Waals surface area (Å²) in [5, 5.41) is 32.7. The number of aliphatic carboxylic acids is 1. The SMILES string of the molecule is CO/N=C(\C([O-])=N[C@@H]1C(=O)N2C(C(=O)O)=C(CSc3nc(-c4ccc(OC)cc4)nn3C)CS[C@H]12)c1csc(N)n1.[Na+]. The van der Waals surface area contributed by atoms with E-state index in [0.29, 0.717) is 28.1 Å². The van der Waals surface area contributed by atoms with E-state index < -0.39 is 29.2 Å². The number of thiazole rings is 1. The molecule has 5 rings (SSSR count). The molecule has 1 aromatic carbocycles. The van der Waals surface area contributed by atoms with Crippen LogP contribution >= 0.6 is 34.9 Å². The summed E-state index contributed by atoms with van der Waals surface area (Å²) >= 11 is 3.76. The molecule has 3 aromatic rings. The Morgan fingerprint density at radius 2 is 2.02 bits per heavy atom. The Bertz CT molecular complexity index is 1590. The smallest absolute Gasteiger partial charge is 0.857 e. The standard InChI is InChI=1S/C24H24N8O6S3.Na/c1-31-24(28-18(29-31)11-4-6-13(37-2)7-5-11)41-9-12-8-39-21-16(20(34)32(21)17(12)22(35)36)27-19(33)15(30-38-3)14-10-40-23(25)26-14;/h4-7,10,16,21H,8-9H2,1-3H3,(H2,25,26)(H,27,33)(H,35,36);/q;+1/p-1/b30-15-;/t16-,21-;/m1./s1. The zero-order valence-corrected chi connectivity index (χ0v) is 27.3. The molecule has 1 amide bonds. The van der Waals surface area contributed by atoms with E-state index in [9.17, 15) is 19.8 Å². The molecule has 0 spiro atoms. The Morgan fingerprint density at radius 1 is 1.29 bits per heavy atom. The summed E-state index contributed by atoms with van der Waals surface area (Å²) < 4.78 is 6.81. The van der Waals surface area contributed by atoms with E-state index in [-0.39, 0.29) is 57.5 Å². The molecule has 2 aliphatic heterocycles. The van der Waals surface area contributed by atoms with Crippen molar-refractivity contribution in [2.75, 3.05) is 31.5 Å². The Kier molecular flexibility index (Phi) is 10.2. The number of oxime groups is 1. The Labute approximate surface area is 274 Å². The second-order valence-corrected chi connectivity index (χ2v) is 11.5. The molecule has 14 nitrogen and oxygen atoms in total. The minimum absolute atomic E-state index is 0. The monoisotopic (exact) mass is 638 g/mol. The summed E-state index contributed by atoms with van der Waals surface area (Å²) in [6.45, 7) is 0. The largest absolute Gasteiger partial charge is 1.00 e. The molecule has 3 N–H and O–H groups in total. The number of carbonyl (C=O) groups is 2. The van der Waals surface area contributed by atoms with Crippen molar-refractivity contribution >= 4 is 63.5 Å². The molecular weight excluding hydrogens is 616 g/mol. The number of aliphatic imine (C=N–C) groups is 1. The van der Waals surface area contributed by atoms with Gasteiger partial charge in [-0.1, -0.05) is 16.9 Å². The number of benzene rings is 1. The normalized spacial score (nSPS) is 18.7. The third kappa shape index (κ3) is 6.30. The first kappa shape index (κ1) is 31.8. The van der Waals surface area contributed by atoms with E-state index in [0.717, 1.165) is 16.9 Å². The number of β-lactam (4-membered cyclic amide) rings is 1. The van der Waals surface area contributed by atoms with Gasteiger partial charge in [-0.25, -0.2) is 19.4 Å².